The van der Waals surface area contributed by atoms with Crippen molar-refractivity contribution >= 4 is 27.7 Å². The van der Waals surface area contributed by atoms with Crippen molar-refractivity contribution in [3.05, 3.63) is 34.1 Å². The van der Waals surface area contributed by atoms with Crippen LogP contribution in [0.25, 0.3) is 0 Å². The number of ether oxygens (including phenoxy) is 1. The zero-order valence-electron chi connectivity index (χ0n) is 11.6. The lowest BCUT2D eigenvalue weighted by molar-refractivity contribution is -0.136. The van der Waals surface area contributed by atoms with Crippen LogP contribution in [0.1, 0.15) is 17.3 Å². The molecule has 0 saturated carbocycles. The Balaban J connectivity index is 2.01. The Bertz CT molecular complexity index is 547. The van der Waals surface area contributed by atoms with Crippen LogP contribution in [0.4, 0.5) is 4.39 Å². The van der Waals surface area contributed by atoms with Crippen molar-refractivity contribution in [2.24, 2.45) is 0 Å². The van der Waals surface area contributed by atoms with E-state index in [0.29, 0.717) is 26.3 Å². The molecule has 1 heterocycles. The third-order valence-corrected chi connectivity index (χ3v) is 3.85. The third-order valence-electron chi connectivity index (χ3n) is 3.24. The van der Waals surface area contributed by atoms with Gasteiger partial charge in [0.15, 0.2) is 0 Å². The van der Waals surface area contributed by atoms with Crippen molar-refractivity contribution in [2.75, 3.05) is 26.3 Å². The van der Waals surface area contributed by atoms with Gasteiger partial charge in [-0.3, -0.25) is 9.59 Å². The van der Waals surface area contributed by atoms with E-state index in [2.05, 4.69) is 21.2 Å². The van der Waals surface area contributed by atoms with Crippen LogP contribution in [0, 0.1) is 5.82 Å². The highest BCUT2D eigenvalue weighted by Crippen LogP contribution is 2.18. The number of carbonyl (C=O) groups excluding carboxylic acids is 2. The van der Waals surface area contributed by atoms with E-state index in [4.69, 9.17) is 4.74 Å². The molecule has 1 aromatic rings. The molecule has 2 amide bonds. The van der Waals surface area contributed by atoms with Crippen LogP contribution in [0.15, 0.2) is 22.7 Å². The second kappa shape index (κ2) is 7.00. The minimum atomic E-state index is -0.714. The van der Waals surface area contributed by atoms with Crippen LogP contribution in [0.3, 0.4) is 0 Å². The van der Waals surface area contributed by atoms with Gasteiger partial charge in [0.25, 0.3) is 5.91 Å². The highest BCUT2D eigenvalue weighted by molar-refractivity contribution is 9.10. The fourth-order valence-corrected chi connectivity index (χ4v) is 2.44. The molecule has 0 bridgehead atoms. The molecular weight excluding hydrogens is 343 g/mol. The highest BCUT2D eigenvalue weighted by atomic mass is 79.9. The molecule has 1 atom stereocenters. The summed E-state index contributed by atoms with van der Waals surface area (Å²) in [6.45, 7) is 3.58. The summed E-state index contributed by atoms with van der Waals surface area (Å²) in [5, 5.41) is 2.53. The highest BCUT2D eigenvalue weighted by Gasteiger charge is 2.25. The molecule has 1 fully saturated rings. The minimum absolute atomic E-state index is 0.0917. The molecule has 1 saturated heterocycles. The van der Waals surface area contributed by atoms with Gasteiger partial charge in [-0.1, -0.05) is 6.07 Å². The van der Waals surface area contributed by atoms with Crippen molar-refractivity contribution < 1.29 is 18.7 Å². The second-order valence-corrected chi connectivity index (χ2v) is 5.59. The summed E-state index contributed by atoms with van der Waals surface area (Å²) >= 11 is 3.03. The number of hydrogen-bond donors (Lipinski definition) is 1. The topological polar surface area (TPSA) is 58.6 Å². The first-order chi connectivity index (χ1) is 10.0. The molecule has 1 N–H and O–H groups in total. The average Bonchev–Trinajstić information content (AvgIpc) is 2.50. The molecule has 114 valence electrons. The smallest absolute Gasteiger partial charge is 0.254 e. The van der Waals surface area contributed by atoms with E-state index in [9.17, 15) is 14.0 Å². The number of halogens is 2. The van der Waals surface area contributed by atoms with Gasteiger partial charge in [0, 0.05) is 13.1 Å². The van der Waals surface area contributed by atoms with Gasteiger partial charge < -0.3 is 15.0 Å². The molecule has 5 nitrogen and oxygen atoms in total. The summed E-state index contributed by atoms with van der Waals surface area (Å²) in [7, 11) is 0. The Labute approximate surface area is 130 Å². The van der Waals surface area contributed by atoms with Gasteiger partial charge in [0.05, 0.1) is 23.2 Å². The predicted octanol–water partition coefficient (Wildman–Crippen LogP) is 1.57. The number of rotatable bonds is 3. The SMILES string of the molecule is CC(NC(=O)c1cccc(Br)c1F)C(=O)N1CCOCC1. The van der Waals surface area contributed by atoms with Crippen molar-refractivity contribution in [3.63, 3.8) is 0 Å². The summed E-state index contributed by atoms with van der Waals surface area (Å²) in [6.07, 6.45) is 0. The lowest BCUT2D eigenvalue weighted by atomic mass is 10.1. The van der Waals surface area contributed by atoms with E-state index >= 15 is 0 Å². The van der Waals surface area contributed by atoms with Crippen molar-refractivity contribution in [1.82, 2.24) is 10.2 Å². The Morgan fingerprint density at radius 2 is 2.05 bits per heavy atom. The average molecular weight is 359 g/mol. The number of benzene rings is 1. The molecule has 1 aromatic carbocycles. The monoisotopic (exact) mass is 358 g/mol. The summed E-state index contributed by atoms with van der Waals surface area (Å²) in [6, 6.07) is 3.74. The Morgan fingerprint density at radius 1 is 1.38 bits per heavy atom. The normalized spacial score (nSPS) is 16.4. The fraction of sp³-hybridized carbons (Fsp3) is 0.429. The molecule has 1 aliphatic heterocycles. The number of hydrogen-bond acceptors (Lipinski definition) is 3. The number of nitrogens with one attached hydrogen (secondary N) is 1. The molecule has 0 spiro atoms. The van der Waals surface area contributed by atoms with Crippen molar-refractivity contribution in [3.8, 4) is 0 Å². The van der Waals surface area contributed by atoms with Crippen LogP contribution in [-0.4, -0.2) is 49.1 Å². The molecule has 0 aromatic heterocycles. The Morgan fingerprint density at radius 3 is 2.71 bits per heavy atom. The van der Waals surface area contributed by atoms with E-state index in [-0.39, 0.29) is 15.9 Å². The zero-order chi connectivity index (χ0) is 15.4. The van der Waals surface area contributed by atoms with Gasteiger partial charge in [-0.15, -0.1) is 0 Å². The lowest BCUT2D eigenvalue weighted by Crippen LogP contribution is -2.50. The molecule has 1 unspecified atom stereocenters. The molecule has 21 heavy (non-hydrogen) atoms. The summed E-state index contributed by atoms with van der Waals surface area (Å²) in [5.74, 6) is -1.44. The van der Waals surface area contributed by atoms with E-state index in [1.54, 1.807) is 17.9 Å². The lowest BCUT2D eigenvalue weighted by Gasteiger charge is -2.29. The minimum Gasteiger partial charge on any atom is -0.378 e. The number of carbonyl (C=O) groups is 2. The maximum atomic E-state index is 13.8. The first-order valence-electron chi connectivity index (χ1n) is 6.62. The molecule has 0 aliphatic carbocycles. The Hall–Kier alpha value is -1.47. The van der Waals surface area contributed by atoms with E-state index in [0.717, 1.165) is 0 Å². The molecule has 7 heteroatoms. The number of amides is 2. The van der Waals surface area contributed by atoms with Crippen LogP contribution < -0.4 is 5.32 Å². The van der Waals surface area contributed by atoms with Crippen LogP contribution in [-0.2, 0) is 9.53 Å². The maximum absolute atomic E-state index is 13.8. The molecule has 0 radical (unpaired) electrons. The zero-order valence-corrected chi connectivity index (χ0v) is 13.2. The van der Waals surface area contributed by atoms with E-state index in [1.165, 1.54) is 12.1 Å². The van der Waals surface area contributed by atoms with Crippen molar-refractivity contribution in [1.29, 1.82) is 0 Å². The number of nitrogens with zero attached hydrogens (tertiary/aromatic N) is 1. The molecular formula is C14H16BrFN2O3. The second-order valence-electron chi connectivity index (χ2n) is 4.73. The fourth-order valence-electron chi connectivity index (χ4n) is 2.07. The third kappa shape index (κ3) is 3.79. The van der Waals surface area contributed by atoms with Gasteiger partial charge in [-0.25, -0.2) is 4.39 Å². The van der Waals surface area contributed by atoms with Crippen molar-refractivity contribution in [2.45, 2.75) is 13.0 Å². The predicted molar refractivity (Wildman–Crippen MR) is 78.4 cm³/mol. The summed E-state index contributed by atoms with van der Waals surface area (Å²) in [5.41, 5.74) is -0.0917. The Kier molecular flexibility index (Phi) is 5.30. The first-order valence-corrected chi connectivity index (χ1v) is 7.41. The standard InChI is InChI=1S/C14H16BrFN2O3/c1-9(14(20)18-5-7-21-8-6-18)17-13(19)10-3-2-4-11(15)12(10)16/h2-4,9H,5-8H2,1H3,(H,17,19). The molecule has 2 rings (SSSR count). The van der Waals surface area contributed by atoms with E-state index in [1.807, 2.05) is 0 Å². The summed E-state index contributed by atoms with van der Waals surface area (Å²) < 4.78 is 19.2. The number of morpholine rings is 1. The largest absolute Gasteiger partial charge is 0.378 e. The summed E-state index contributed by atoms with van der Waals surface area (Å²) in [4.78, 5) is 25.8. The van der Waals surface area contributed by atoms with Gasteiger partial charge in [-0.05, 0) is 35.0 Å². The van der Waals surface area contributed by atoms with Crippen LogP contribution in [0.5, 0.6) is 0 Å². The maximum Gasteiger partial charge on any atom is 0.254 e. The first kappa shape index (κ1) is 15.9. The quantitative estimate of drug-likeness (QED) is 0.891. The van der Waals surface area contributed by atoms with E-state index < -0.39 is 17.8 Å². The van der Waals surface area contributed by atoms with Crippen LogP contribution in [0.2, 0.25) is 0 Å². The molecule has 1 aliphatic rings. The van der Waals surface area contributed by atoms with Gasteiger partial charge in [-0.2, -0.15) is 0 Å². The van der Waals surface area contributed by atoms with Crippen LogP contribution >= 0.6 is 15.9 Å². The van der Waals surface area contributed by atoms with Gasteiger partial charge in [0.2, 0.25) is 5.91 Å². The van der Waals surface area contributed by atoms with Gasteiger partial charge >= 0.3 is 0 Å². The van der Waals surface area contributed by atoms with Gasteiger partial charge in [0.1, 0.15) is 11.9 Å².